The highest BCUT2D eigenvalue weighted by Gasteiger charge is 2.45. The minimum absolute atomic E-state index is 0.149. The minimum atomic E-state index is -0.347. The number of benzene rings is 1. The molecule has 2 fully saturated rings. The third-order valence-corrected chi connectivity index (χ3v) is 4.41. The van der Waals surface area contributed by atoms with E-state index in [0.29, 0.717) is 28.4 Å². The summed E-state index contributed by atoms with van der Waals surface area (Å²) in [6.45, 7) is 0. The molecule has 2 saturated carbocycles. The average Bonchev–Trinajstić information content (AvgIpc) is 3.27. The van der Waals surface area contributed by atoms with Crippen LogP contribution in [0.1, 0.15) is 37.2 Å². The van der Waals surface area contributed by atoms with Gasteiger partial charge in [-0.15, -0.1) is 0 Å². The molecule has 0 radical (unpaired) electrons. The van der Waals surface area contributed by atoms with Crippen LogP contribution in [-0.4, -0.2) is 5.11 Å². The molecule has 1 aromatic carbocycles. The van der Waals surface area contributed by atoms with Gasteiger partial charge in [-0.2, -0.15) is 0 Å². The van der Waals surface area contributed by atoms with E-state index in [2.05, 4.69) is 0 Å². The van der Waals surface area contributed by atoms with Crippen molar-refractivity contribution in [2.75, 3.05) is 0 Å². The Labute approximate surface area is 110 Å². The SMILES string of the molecule is O=c1oc2ccccc2c(O)c1C(C1CC1)C1CC1. The number of hydrogen-bond acceptors (Lipinski definition) is 3. The summed E-state index contributed by atoms with van der Waals surface area (Å²) in [5.41, 5.74) is 0.655. The van der Waals surface area contributed by atoms with Crippen molar-refractivity contribution in [1.82, 2.24) is 0 Å². The van der Waals surface area contributed by atoms with E-state index in [4.69, 9.17) is 4.42 Å². The molecule has 2 aromatic rings. The molecule has 0 atom stereocenters. The highest BCUT2D eigenvalue weighted by atomic mass is 16.4. The van der Waals surface area contributed by atoms with Crippen molar-refractivity contribution in [3.63, 3.8) is 0 Å². The van der Waals surface area contributed by atoms with Crippen molar-refractivity contribution >= 4 is 11.0 Å². The van der Waals surface area contributed by atoms with Gasteiger partial charge in [-0.3, -0.25) is 0 Å². The van der Waals surface area contributed by atoms with Crippen LogP contribution >= 0.6 is 0 Å². The molecule has 4 rings (SSSR count). The topological polar surface area (TPSA) is 50.4 Å². The summed E-state index contributed by atoms with van der Waals surface area (Å²) in [6, 6.07) is 7.20. The van der Waals surface area contributed by atoms with E-state index in [0.717, 1.165) is 0 Å². The van der Waals surface area contributed by atoms with Crippen molar-refractivity contribution in [1.29, 1.82) is 0 Å². The van der Waals surface area contributed by atoms with Crippen LogP contribution in [-0.2, 0) is 0 Å². The normalized spacial score (nSPS) is 19.2. The number of hydrogen-bond donors (Lipinski definition) is 1. The predicted octanol–water partition coefficient (Wildman–Crippen LogP) is 3.40. The highest BCUT2D eigenvalue weighted by molar-refractivity contribution is 5.84. The van der Waals surface area contributed by atoms with E-state index in [-0.39, 0.29) is 17.3 Å². The van der Waals surface area contributed by atoms with E-state index in [1.165, 1.54) is 25.7 Å². The molecular formula is C16H16O3. The molecule has 2 aliphatic carbocycles. The van der Waals surface area contributed by atoms with E-state index in [9.17, 15) is 9.90 Å². The number of fused-ring (bicyclic) bond motifs is 1. The molecule has 19 heavy (non-hydrogen) atoms. The fraction of sp³-hybridized carbons (Fsp3) is 0.438. The molecule has 3 heteroatoms. The van der Waals surface area contributed by atoms with Crippen molar-refractivity contribution in [3.8, 4) is 5.75 Å². The first-order valence-electron chi connectivity index (χ1n) is 7.00. The zero-order chi connectivity index (χ0) is 13.0. The Morgan fingerprint density at radius 2 is 1.74 bits per heavy atom. The van der Waals surface area contributed by atoms with Gasteiger partial charge in [0.25, 0.3) is 0 Å². The zero-order valence-electron chi connectivity index (χ0n) is 10.6. The maximum atomic E-state index is 12.2. The van der Waals surface area contributed by atoms with Crippen LogP contribution in [0.4, 0.5) is 0 Å². The monoisotopic (exact) mass is 256 g/mol. The molecule has 98 valence electrons. The van der Waals surface area contributed by atoms with Crippen molar-refractivity contribution in [3.05, 3.63) is 40.2 Å². The first kappa shape index (κ1) is 11.1. The standard InChI is InChI=1S/C16H16O3/c17-15-11-3-1-2-4-12(11)19-16(18)14(15)13(9-5-6-9)10-7-8-10/h1-4,9-10,13,17H,5-8H2. The minimum Gasteiger partial charge on any atom is -0.507 e. The summed E-state index contributed by atoms with van der Waals surface area (Å²) >= 11 is 0. The Morgan fingerprint density at radius 1 is 1.11 bits per heavy atom. The first-order chi connectivity index (χ1) is 9.25. The molecule has 0 spiro atoms. The van der Waals surface area contributed by atoms with Crippen LogP contribution in [0.15, 0.2) is 33.5 Å². The number of para-hydroxylation sites is 1. The lowest BCUT2D eigenvalue weighted by atomic mass is 9.89. The Kier molecular flexibility index (Phi) is 2.25. The smallest absolute Gasteiger partial charge is 0.343 e. The van der Waals surface area contributed by atoms with Gasteiger partial charge < -0.3 is 9.52 Å². The molecule has 3 nitrogen and oxygen atoms in total. The molecule has 0 aliphatic heterocycles. The lowest BCUT2D eigenvalue weighted by molar-refractivity contribution is 0.423. The summed E-state index contributed by atoms with van der Waals surface area (Å²) in [5, 5.41) is 11.2. The molecule has 0 unspecified atom stereocenters. The third-order valence-electron chi connectivity index (χ3n) is 4.41. The molecular weight excluding hydrogens is 240 g/mol. The summed E-state index contributed by atoms with van der Waals surface area (Å²) in [4.78, 5) is 12.2. The summed E-state index contributed by atoms with van der Waals surface area (Å²) in [7, 11) is 0. The lowest BCUT2D eigenvalue weighted by Gasteiger charge is -2.16. The Balaban J connectivity index is 1.95. The average molecular weight is 256 g/mol. The van der Waals surface area contributed by atoms with Crippen LogP contribution in [0.3, 0.4) is 0 Å². The zero-order valence-corrected chi connectivity index (χ0v) is 10.6. The number of aromatic hydroxyl groups is 1. The van der Waals surface area contributed by atoms with Crippen LogP contribution in [0.25, 0.3) is 11.0 Å². The molecule has 1 heterocycles. The largest absolute Gasteiger partial charge is 0.507 e. The second-order valence-electron chi connectivity index (χ2n) is 5.85. The fourth-order valence-corrected chi connectivity index (χ4v) is 3.21. The Morgan fingerprint density at radius 3 is 2.37 bits per heavy atom. The fourth-order valence-electron chi connectivity index (χ4n) is 3.21. The van der Waals surface area contributed by atoms with Gasteiger partial charge in [0.15, 0.2) is 0 Å². The van der Waals surface area contributed by atoms with Crippen molar-refractivity contribution in [2.45, 2.75) is 31.6 Å². The summed E-state index contributed by atoms with van der Waals surface area (Å²) < 4.78 is 5.39. The maximum absolute atomic E-state index is 12.2. The second-order valence-corrected chi connectivity index (χ2v) is 5.85. The molecule has 0 bridgehead atoms. The van der Waals surface area contributed by atoms with Gasteiger partial charge in [0.2, 0.25) is 0 Å². The molecule has 0 saturated heterocycles. The van der Waals surface area contributed by atoms with Crippen molar-refractivity contribution in [2.24, 2.45) is 11.8 Å². The summed E-state index contributed by atoms with van der Waals surface area (Å²) in [5.74, 6) is 1.50. The molecule has 0 amide bonds. The van der Waals surface area contributed by atoms with E-state index >= 15 is 0 Å². The lowest BCUT2D eigenvalue weighted by Crippen LogP contribution is -2.16. The van der Waals surface area contributed by atoms with Gasteiger partial charge in [-0.25, -0.2) is 4.79 Å². The Bertz CT molecular complexity index is 681. The third kappa shape index (κ3) is 1.76. The molecule has 1 N–H and O–H groups in total. The van der Waals surface area contributed by atoms with Gasteiger partial charge in [-0.05, 0) is 49.7 Å². The van der Waals surface area contributed by atoms with Gasteiger partial charge in [0.05, 0.1) is 10.9 Å². The number of rotatable bonds is 3. The van der Waals surface area contributed by atoms with Crippen LogP contribution in [0.2, 0.25) is 0 Å². The van der Waals surface area contributed by atoms with Crippen LogP contribution in [0, 0.1) is 11.8 Å². The Hall–Kier alpha value is -1.77. The van der Waals surface area contributed by atoms with Gasteiger partial charge >= 0.3 is 5.63 Å². The van der Waals surface area contributed by atoms with Crippen LogP contribution in [0.5, 0.6) is 5.75 Å². The van der Waals surface area contributed by atoms with Gasteiger partial charge in [0, 0.05) is 5.92 Å². The maximum Gasteiger partial charge on any atom is 0.343 e. The van der Waals surface area contributed by atoms with E-state index in [1.807, 2.05) is 18.2 Å². The second kappa shape index (κ2) is 3.86. The molecule has 2 aliphatic rings. The van der Waals surface area contributed by atoms with E-state index in [1.54, 1.807) is 6.07 Å². The van der Waals surface area contributed by atoms with Crippen LogP contribution < -0.4 is 5.63 Å². The first-order valence-corrected chi connectivity index (χ1v) is 7.00. The molecule has 1 aromatic heterocycles. The van der Waals surface area contributed by atoms with E-state index < -0.39 is 0 Å². The predicted molar refractivity (Wildman–Crippen MR) is 72.3 cm³/mol. The van der Waals surface area contributed by atoms with Crippen molar-refractivity contribution < 1.29 is 9.52 Å². The van der Waals surface area contributed by atoms with Gasteiger partial charge in [-0.1, -0.05) is 12.1 Å². The quantitative estimate of drug-likeness (QED) is 0.856. The van der Waals surface area contributed by atoms with Gasteiger partial charge in [0.1, 0.15) is 11.3 Å². The summed E-state index contributed by atoms with van der Waals surface area (Å²) in [6.07, 6.45) is 4.69. The highest BCUT2D eigenvalue weighted by Crippen LogP contribution is 2.55.